The Morgan fingerprint density at radius 2 is 1.20 bits per heavy atom. The zero-order chi connectivity index (χ0) is 31.3. The Morgan fingerprint density at radius 1 is 0.683 bits per heavy atom. The quantitative estimate of drug-likeness (QED) is 0.161. The average Bonchev–Trinajstić information content (AvgIpc) is 2.83. The van der Waals surface area contributed by atoms with Crippen LogP contribution in [-0.2, 0) is 20.1 Å². The van der Waals surface area contributed by atoms with Gasteiger partial charge < -0.3 is 14.0 Å². The van der Waals surface area contributed by atoms with Gasteiger partial charge in [-0.05, 0) is 104 Å². The zero-order valence-corrected chi connectivity index (χ0v) is 29.7. The number of allylic oxidation sites excluding steroid dienone is 3. The molecule has 0 fully saturated rings. The summed E-state index contributed by atoms with van der Waals surface area (Å²) in [4.78, 5) is 0. The number of rotatable bonds is 11. The standard InChI is InChI=1S/C36H52O3Si2/c1-26(16-15-23-34(8,9)37)29-18-14-17-27(24-29)19-20-28-21-22-30(35(10,11)38-40-32(2,3)4)31(25-28)36(12,13)39-41-33(5,6)7/h14-25,37H,1-13H3. The highest BCUT2D eigenvalue weighted by molar-refractivity contribution is 6.32. The van der Waals surface area contributed by atoms with Crippen LogP contribution in [0.2, 0.25) is 10.1 Å². The van der Waals surface area contributed by atoms with E-state index in [9.17, 15) is 5.11 Å². The summed E-state index contributed by atoms with van der Waals surface area (Å²) >= 11 is 0. The number of hydrogen-bond donors (Lipinski definition) is 1. The molecule has 0 bridgehead atoms. The molecular formula is C36H52O3Si2. The molecular weight excluding hydrogens is 537 g/mol. The van der Waals surface area contributed by atoms with Crippen molar-refractivity contribution >= 4 is 37.3 Å². The highest BCUT2D eigenvalue weighted by Gasteiger charge is 2.34. The lowest BCUT2D eigenvalue weighted by Crippen LogP contribution is -2.34. The van der Waals surface area contributed by atoms with E-state index < -0.39 is 16.8 Å². The maximum Gasteiger partial charge on any atom is 0.236 e. The van der Waals surface area contributed by atoms with E-state index in [1.807, 2.05) is 12.2 Å². The molecule has 222 valence electrons. The summed E-state index contributed by atoms with van der Waals surface area (Å²) in [6.45, 7) is 27.6. The van der Waals surface area contributed by atoms with Gasteiger partial charge in [0.25, 0.3) is 0 Å². The summed E-state index contributed by atoms with van der Waals surface area (Å²) in [5.41, 5.74) is 5.12. The van der Waals surface area contributed by atoms with E-state index in [4.69, 9.17) is 8.85 Å². The van der Waals surface area contributed by atoms with Gasteiger partial charge in [0, 0.05) is 0 Å². The van der Waals surface area contributed by atoms with E-state index in [0.717, 1.165) is 33.4 Å². The third kappa shape index (κ3) is 12.4. The summed E-state index contributed by atoms with van der Waals surface area (Å²) in [5, 5.41) is 10.1. The van der Waals surface area contributed by atoms with Crippen molar-refractivity contribution in [3.05, 3.63) is 88.5 Å². The minimum absolute atomic E-state index is 0.0935. The molecule has 2 aromatic rings. The Labute approximate surface area is 256 Å². The third-order valence-corrected chi connectivity index (χ3v) is 8.68. The Hall–Kier alpha value is -2.03. The van der Waals surface area contributed by atoms with Crippen LogP contribution in [0.3, 0.4) is 0 Å². The zero-order valence-electron chi connectivity index (χ0n) is 27.7. The molecule has 0 saturated heterocycles. The fourth-order valence-corrected chi connectivity index (χ4v) is 5.31. The van der Waals surface area contributed by atoms with E-state index in [1.54, 1.807) is 19.9 Å². The lowest BCUT2D eigenvalue weighted by molar-refractivity contribution is 0.0829. The van der Waals surface area contributed by atoms with Gasteiger partial charge in [-0.25, -0.2) is 0 Å². The second-order valence-corrected chi connectivity index (χ2v) is 18.4. The maximum atomic E-state index is 9.94. The molecule has 0 unspecified atom stereocenters. The van der Waals surface area contributed by atoms with Crippen LogP contribution in [-0.4, -0.2) is 30.2 Å². The Kier molecular flexibility index (Phi) is 11.6. The molecule has 2 rings (SSSR count). The SMILES string of the molecule is CC(=CC=CC(C)(C)O)c1cccc(C=Cc2ccc(C(C)(C)O[Si]C(C)(C)C)c(C(C)(C)O[Si]C(C)(C)C)c2)c1. The van der Waals surface area contributed by atoms with Crippen LogP contribution >= 0.6 is 0 Å². The molecule has 0 aliphatic rings. The van der Waals surface area contributed by atoms with Gasteiger partial charge >= 0.3 is 0 Å². The molecule has 0 heterocycles. The molecule has 0 atom stereocenters. The van der Waals surface area contributed by atoms with Crippen LogP contribution in [0.15, 0.2) is 60.7 Å². The molecule has 1 N–H and O–H groups in total. The Morgan fingerprint density at radius 3 is 1.71 bits per heavy atom. The molecule has 0 aromatic heterocycles. The van der Waals surface area contributed by atoms with Gasteiger partial charge in [0.2, 0.25) is 19.5 Å². The van der Waals surface area contributed by atoms with Gasteiger partial charge in [-0.1, -0.05) is 102 Å². The molecule has 2 aromatic carbocycles. The lowest BCUT2D eigenvalue weighted by atomic mass is 9.84. The van der Waals surface area contributed by atoms with E-state index in [1.165, 1.54) is 0 Å². The summed E-state index contributed by atoms with van der Waals surface area (Å²) in [5.74, 6) is 0. The maximum absolute atomic E-state index is 9.94. The topological polar surface area (TPSA) is 38.7 Å². The summed E-state index contributed by atoms with van der Waals surface area (Å²) < 4.78 is 13.1. The van der Waals surface area contributed by atoms with E-state index >= 15 is 0 Å². The van der Waals surface area contributed by atoms with Crippen molar-refractivity contribution in [2.24, 2.45) is 0 Å². The van der Waals surface area contributed by atoms with Crippen LogP contribution < -0.4 is 0 Å². The van der Waals surface area contributed by atoms with Crippen molar-refractivity contribution in [1.29, 1.82) is 0 Å². The van der Waals surface area contributed by atoms with Gasteiger partial charge in [-0.2, -0.15) is 0 Å². The van der Waals surface area contributed by atoms with Crippen LogP contribution in [0.25, 0.3) is 17.7 Å². The number of benzene rings is 2. The molecule has 5 heteroatoms. The molecule has 0 saturated carbocycles. The summed E-state index contributed by atoms with van der Waals surface area (Å²) in [6.07, 6.45) is 10.1. The molecule has 3 nitrogen and oxygen atoms in total. The van der Waals surface area contributed by atoms with Crippen LogP contribution in [0.1, 0.15) is 118 Å². The lowest BCUT2D eigenvalue weighted by Gasteiger charge is -2.37. The van der Waals surface area contributed by atoms with Crippen molar-refractivity contribution in [2.75, 3.05) is 0 Å². The highest BCUT2D eigenvalue weighted by atomic mass is 28.2. The van der Waals surface area contributed by atoms with E-state index in [-0.39, 0.29) is 10.1 Å². The van der Waals surface area contributed by atoms with Crippen molar-refractivity contribution < 1.29 is 14.0 Å². The van der Waals surface area contributed by atoms with Gasteiger partial charge in [-0.3, -0.25) is 0 Å². The molecule has 41 heavy (non-hydrogen) atoms. The Bertz CT molecular complexity index is 1250. The predicted octanol–water partition coefficient (Wildman–Crippen LogP) is 9.77. The smallest absolute Gasteiger partial charge is 0.236 e. The largest absolute Gasteiger partial charge is 0.408 e. The minimum atomic E-state index is -0.823. The predicted molar refractivity (Wildman–Crippen MR) is 180 cm³/mol. The Balaban J connectivity index is 2.46. The normalized spacial score (nSPS) is 14.4. The van der Waals surface area contributed by atoms with Gasteiger partial charge in [0.1, 0.15) is 0 Å². The van der Waals surface area contributed by atoms with Crippen LogP contribution in [0, 0.1) is 0 Å². The minimum Gasteiger partial charge on any atom is -0.408 e. The van der Waals surface area contributed by atoms with Crippen molar-refractivity contribution in [1.82, 2.24) is 0 Å². The molecule has 0 spiro atoms. The van der Waals surface area contributed by atoms with E-state index in [2.05, 4.69) is 131 Å². The van der Waals surface area contributed by atoms with Crippen LogP contribution in [0.4, 0.5) is 0 Å². The fourth-order valence-electron chi connectivity index (χ4n) is 3.96. The first-order chi connectivity index (χ1) is 18.6. The summed E-state index contributed by atoms with van der Waals surface area (Å²) in [6, 6.07) is 15.2. The number of hydrogen-bond acceptors (Lipinski definition) is 3. The van der Waals surface area contributed by atoms with Crippen molar-refractivity contribution in [3.8, 4) is 0 Å². The van der Waals surface area contributed by atoms with E-state index in [0.29, 0.717) is 19.5 Å². The summed E-state index contributed by atoms with van der Waals surface area (Å²) in [7, 11) is 0.764. The van der Waals surface area contributed by atoms with Crippen LogP contribution in [0.5, 0.6) is 0 Å². The average molecular weight is 589 g/mol. The molecule has 0 amide bonds. The molecule has 0 aliphatic heterocycles. The van der Waals surface area contributed by atoms with Crippen molar-refractivity contribution in [2.45, 2.75) is 117 Å². The highest BCUT2D eigenvalue weighted by Crippen LogP contribution is 2.39. The first kappa shape index (κ1) is 35.2. The van der Waals surface area contributed by atoms with Gasteiger partial charge in [0.15, 0.2) is 0 Å². The van der Waals surface area contributed by atoms with Gasteiger partial charge in [0.05, 0.1) is 16.8 Å². The first-order valence-electron chi connectivity index (χ1n) is 14.5. The monoisotopic (exact) mass is 588 g/mol. The van der Waals surface area contributed by atoms with Crippen molar-refractivity contribution in [3.63, 3.8) is 0 Å². The molecule has 4 radical (unpaired) electrons. The fraction of sp³-hybridized carbons (Fsp3) is 0.500. The third-order valence-electron chi connectivity index (χ3n) is 6.23. The number of aliphatic hydroxyl groups is 1. The first-order valence-corrected chi connectivity index (χ1v) is 16.3. The second kappa shape index (κ2) is 13.5. The molecule has 0 aliphatic carbocycles. The second-order valence-electron chi connectivity index (χ2n) is 14.6. The van der Waals surface area contributed by atoms with Gasteiger partial charge in [-0.15, -0.1) is 0 Å².